The van der Waals surface area contributed by atoms with E-state index in [2.05, 4.69) is 48.1 Å². The summed E-state index contributed by atoms with van der Waals surface area (Å²) in [6.45, 7) is 2.85. The van der Waals surface area contributed by atoms with E-state index in [1.165, 1.54) is 0 Å². The lowest BCUT2D eigenvalue weighted by Gasteiger charge is -2.13. The maximum atomic E-state index is 5.56. The van der Waals surface area contributed by atoms with Crippen LogP contribution in [0.2, 0.25) is 0 Å². The molecule has 0 radical (unpaired) electrons. The smallest absolute Gasteiger partial charge is 0.148 e. The van der Waals surface area contributed by atoms with Crippen LogP contribution in [0.15, 0.2) is 39.4 Å². The maximum absolute atomic E-state index is 5.56. The van der Waals surface area contributed by atoms with E-state index in [-0.39, 0.29) is 6.61 Å². The van der Waals surface area contributed by atoms with Gasteiger partial charge in [0, 0.05) is 16.6 Å². The molecule has 0 aliphatic carbocycles. The van der Waals surface area contributed by atoms with E-state index in [0.717, 1.165) is 31.8 Å². The van der Waals surface area contributed by atoms with Gasteiger partial charge in [0.05, 0.1) is 11.4 Å². The van der Waals surface area contributed by atoms with Crippen molar-refractivity contribution >= 4 is 37.5 Å². The van der Waals surface area contributed by atoms with Crippen LogP contribution in [0.4, 0.5) is 5.69 Å². The third-order valence-electron chi connectivity index (χ3n) is 2.85. The molecule has 21 heavy (non-hydrogen) atoms. The normalized spacial score (nSPS) is 10.0. The highest BCUT2D eigenvalue weighted by Gasteiger charge is 2.06. The second kappa shape index (κ2) is 7.48. The molecule has 0 saturated heterocycles. The third kappa shape index (κ3) is 4.48. The molecule has 0 fully saturated rings. The van der Waals surface area contributed by atoms with Crippen molar-refractivity contribution < 1.29 is 4.74 Å². The molecule has 0 spiro atoms. The Balaban J connectivity index is 2.15. The first-order valence-corrected chi connectivity index (χ1v) is 7.90. The lowest BCUT2D eigenvalue weighted by molar-refractivity contribution is 0.366. The summed E-state index contributed by atoms with van der Waals surface area (Å²) in [7, 11) is 0. The van der Waals surface area contributed by atoms with E-state index in [4.69, 9.17) is 11.2 Å². The van der Waals surface area contributed by atoms with Gasteiger partial charge in [-0.15, -0.1) is 6.42 Å². The quantitative estimate of drug-likeness (QED) is 0.581. The number of pyridine rings is 1. The monoisotopic (exact) mass is 408 g/mol. The van der Waals surface area contributed by atoms with Crippen LogP contribution in [0.25, 0.3) is 0 Å². The van der Waals surface area contributed by atoms with E-state index < -0.39 is 0 Å². The third-order valence-corrected chi connectivity index (χ3v) is 3.79. The van der Waals surface area contributed by atoms with E-state index >= 15 is 0 Å². The number of nitrogens with one attached hydrogen (secondary N) is 1. The molecule has 0 amide bonds. The van der Waals surface area contributed by atoms with Crippen molar-refractivity contribution in [2.24, 2.45) is 0 Å². The average Bonchev–Trinajstić information content (AvgIpc) is 2.45. The van der Waals surface area contributed by atoms with Crippen molar-refractivity contribution in [3.05, 3.63) is 50.7 Å². The minimum atomic E-state index is 0.257. The molecule has 0 aliphatic rings. The zero-order chi connectivity index (χ0) is 15.2. The average molecular weight is 410 g/mol. The number of halogens is 2. The van der Waals surface area contributed by atoms with Crippen LogP contribution in [0.1, 0.15) is 11.3 Å². The second-order valence-corrected chi connectivity index (χ2v) is 6.09. The Labute approximate surface area is 141 Å². The first kappa shape index (κ1) is 15.9. The van der Waals surface area contributed by atoms with Crippen molar-refractivity contribution in [2.45, 2.75) is 13.5 Å². The largest absolute Gasteiger partial charge is 0.481 e. The zero-order valence-electron chi connectivity index (χ0n) is 11.5. The van der Waals surface area contributed by atoms with Crippen LogP contribution in [-0.4, -0.2) is 11.6 Å². The summed E-state index contributed by atoms with van der Waals surface area (Å²) < 4.78 is 7.38. The number of terminal acetylenes is 1. The zero-order valence-corrected chi connectivity index (χ0v) is 14.7. The molecule has 1 aromatic carbocycles. The molecule has 0 atom stereocenters. The number of aromatic nitrogens is 1. The number of anilines is 1. The molecule has 0 aliphatic heterocycles. The van der Waals surface area contributed by atoms with Crippen molar-refractivity contribution in [2.75, 3.05) is 11.9 Å². The molecule has 2 aromatic rings. The second-order valence-electron chi connectivity index (χ2n) is 4.37. The topological polar surface area (TPSA) is 34.1 Å². The highest BCUT2D eigenvalue weighted by atomic mass is 79.9. The summed E-state index contributed by atoms with van der Waals surface area (Å²) in [5, 5.41) is 3.36. The van der Waals surface area contributed by atoms with Crippen molar-refractivity contribution in [3.8, 4) is 18.1 Å². The van der Waals surface area contributed by atoms with E-state index in [1.54, 1.807) is 0 Å². The fourth-order valence-corrected chi connectivity index (χ4v) is 2.66. The lowest BCUT2D eigenvalue weighted by atomic mass is 10.2. The number of nitrogens with zero attached hydrogens (tertiary/aromatic N) is 1. The summed E-state index contributed by atoms with van der Waals surface area (Å²) in [5.74, 6) is 3.26. The Kier molecular flexibility index (Phi) is 5.66. The van der Waals surface area contributed by atoms with Gasteiger partial charge in [0.25, 0.3) is 0 Å². The van der Waals surface area contributed by atoms with Crippen molar-refractivity contribution in [1.29, 1.82) is 0 Å². The first-order valence-electron chi connectivity index (χ1n) is 6.32. The van der Waals surface area contributed by atoms with Crippen molar-refractivity contribution in [1.82, 2.24) is 4.98 Å². The van der Waals surface area contributed by atoms with Gasteiger partial charge in [-0.05, 0) is 53.2 Å². The number of aryl methyl sites for hydroxylation is 1. The Morgan fingerprint density at radius 2 is 2.10 bits per heavy atom. The van der Waals surface area contributed by atoms with Gasteiger partial charge >= 0.3 is 0 Å². The van der Waals surface area contributed by atoms with E-state index in [9.17, 15) is 0 Å². The first-order chi connectivity index (χ1) is 10.1. The highest BCUT2D eigenvalue weighted by molar-refractivity contribution is 9.10. The number of ether oxygens (including phenoxy) is 1. The van der Waals surface area contributed by atoms with Crippen LogP contribution in [0.3, 0.4) is 0 Å². The molecule has 0 bridgehead atoms. The fourth-order valence-electron chi connectivity index (χ4n) is 1.85. The van der Waals surface area contributed by atoms with Crippen molar-refractivity contribution in [3.63, 3.8) is 0 Å². The summed E-state index contributed by atoms with van der Waals surface area (Å²) in [4.78, 5) is 4.36. The van der Waals surface area contributed by atoms with E-state index in [0.29, 0.717) is 6.54 Å². The molecule has 1 heterocycles. The summed E-state index contributed by atoms with van der Waals surface area (Å²) >= 11 is 6.83. The van der Waals surface area contributed by atoms with Gasteiger partial charge in [0.1, 0.15) is 17.0 Å². The van der Waals surface area contributed by atoms with Crippen LogP contribution < -0.4 is 10.1 Å². The summed E-state index contributed by atoms with van der Waals surface area (Å²) in [6.07, 6.45) is 5.24. The molecular weight excluding hydrogens is 396 g/mol. The minimum absolute atomic E-state index is 0.257. The number of benzene rings is 1. The Bertz CT molecular complexity index is 680. The number of hydrogen-bond donors (Lipinski definition) is 1. The maximum Gasteiger partial charge on any atom is 0.148 e. The fraction of sp³-hybridized carbons (Fsp3) is 0.188. The van der Waals surface area contributed by atoms with E-state index in [1.807, 2.05) is 37.3 Å². The summed E-state index contributed by atoms with van der Waals surface area (Å²) in [5.41, 5.74) is 2.95. The lowest BCUT2D eigenvalue weighted by Crippen LogP contribution is -2.05. The molecule has 108 valence electrons. The molecule has 1 aromatic heterocycles. The molecule has 3 nitrogen and oxygen atoms in total. The highest BCUT2D eigenvalue weighted by Crippen LogP contribution is 2.25. The van der Waals surface area contributed by atoms with Gasteiger partial charge in [-0.1, -0.05) is 21.9 Å². The van der Waals surface area contributed by atoms with Gasteiger partial charge in [0.15, 0.2) is 0 Å². The Morgan fingerprint density at radius 1 is 1.29 bits per heavy atom. The Morgan fingerprint density at radius 3 is 2.81 bits per heavy atom. The van der Waals surface area contributed by atoms with Gasteiger partial charge in [-0.3, -0.25) is 0 Å². The van der Waals surface area contributed by atoms with Crippen LogP contribution in [0, 0.1) is 19.3 Å². The van der Waals surface area contributed by atoms with Crippen LogP contribution in [-0.2, 0) is 6.54 Å². The van der Waals surface area contributed by atoms with Gasteiger partial charge in [0.2, 0.25) is 0 Å². The molecule has 2 rings (SSSR count). The van der Waals surface area contributed by atoms with Gasteiger partial charge < -0.3 is 10.1 Å². The number of hydrogen-bond acceptors (Lipinski definition) is 3. The standard InChI is InChI=1S/C16H14Br2N2O/c1-3-8-21-15-6-4-13(17)9-12(15)10-19-14-5-7-16(18)20-11(14)2/h1,4-7,9,19H,8,10H2,2H3. The van der Waals surface area contributed by atoms with Gasteiger partial charge in [-0.2, -0.15) is 0 Å². The van der Waals surface area contributed by atoms with Crippen LogP contribution in [0.5, 0.6) is 5.75 Å². The predicted molar refractivity (Wildman–Crippen MR) is 92.5 cm³/mol. The molecule has 5 heteroatoms. The number of rotatable bonds is 5. The van der Waals surface area contributed by atoms with Crippen LogP contribution >= 0.6 is 31.9 Å². The SMILES string of the molecule is C#CCOc1ccc(Br)cc1CNc1ccc(Br)nc1C. The molecule has 0 saturated carbocycles. The Hall–Kier alpha value is -1.51. The van der Waals surface area contributed by atoms with Gasteiger partial charge in [-0.25, -0.2) is 4.98 Å². The predicted octanol–water partition coefficient (Wildman–Crippen LogP) is 4.54. The summed E-state index contributed by atoms with van der Waals surface area (Å²) in [6, 6.07) is 9.76. The molecule has 0 unspecified atom stereocenters. The molecular formula is C16H14Br2N2O. The molecule has 1 N–H and O–H groups in total. The minimum Gasteiger partial charge on any atom is -0.481 e.